The molecule has 1 fully saturated rings. The number of rotatable bonds is 3. The van der Waals surface area contributed by atoms with Crippen LogP contribution in [0.1, 0.15) is 24.9 Å². The van der Waals surface area contributed by atoms with Gasteiger partial charge in [0.25, 0.3) is 5.92 Å². The number of fused-ring (bicyclic) bond motifs is 1. The van der Waals surface area contributed by atoms with Gasteiger partial charge >= 0.3 is 0 Å². The van der Waals surface area contributed by atoms with E-state index < -0.39 is 30.8 Å². The van der Waals surface area contributed by atoms with Gasteiger partial charge in [-0.15, -0.1) is 0 Å². The summed E-state index contributed by atoms with van der Waals surface area (Å²) in [6.07, 6.45) is -0.466. The molecule has 0 bridgehead atoms. The molecule has 2 unspecified atom stereocenters. The summed E-state index contributed by atoms with van der Waals surface area (Å²) in [5, 5.41) is 5.27. The Kier molecular flexibility index (Phi) is 3.44. The van der Waals surface area contributed by atoms with Crippen LogP contribution in [0, 0.1) is 0 Å². The van der Waals surface area contributed by atoms with Gasteiger partial charge in [0, 0.05) is 6.42 Å². The highest BCUT2D eigenvalue weighted by atomic mass is 19.3. The predicted molar refractivity (Wildman–Crippen MR) is 70.5 cm³/mol. The highest BCUT2D eigenvalue weighted by Gasteiger charge is 2.42. The molecule has 3 rings (SSSR count). The minimum atomic E-state index is -2.82. The second-order valence-corrected chi connectivity index (χ2v) is 5.34. The third kappa shape index (κ3) is 2.92. The van der Waals surface area contributed by atoms with Gasteiger partial charge in [-0.3, -0.25) is 10.1 Å². The Labute approximate surface area is 120 Å². The van der Waals surface area contributed by atoms with E-state index in [4.69, 9.17) is 9.47 Å². The zero-order chi connectivity index (χ0) is 15.0. The number of carbonyl (C=O) groups is 1. The third-order valence-electron chi connectivity index (χ3n) is 3.68. The van der Waals surface area contributed by atoms with E-state index in [1.54, 1.807) is 19.1 Å². The Morgan fingerprint density at radius 1 is 1.43 bits per heavy atom. The SMILES string of the molecule is CC(NC(=O)C1CC(F)(F)CN1)c1ccc2c(c1)OCO2. The summed E-state index contributed by atoms with van der Waals surface area (Å²) in [5.41, 5.74) is 0.831. The smallest absolute Gasteiger partial charge is 0.262 e. The van der Waals surface area contributed by atoms with Crippen molar-refractivity contribution in [1.82, 2.24) is 10.6 Å². The summed E-state index contributed by atoms with van der Waals surface area (Å²) in [4.78, 5) is 12.0. The van der Waals surface area contributed by atoms with E-state index in [1.807, 2.05) is 6.07 Å². The molecule has 114 valence electrons. The van der Waals surface area contributed by atoms with Crippen LogP contribution >= 0.6 is 0 Å². The summed E-state index contributed by atoms with van der Waals surface area (Å²) < 4.78 is 36.7. The van der Waals surface area contributed by atoms with E-state index in [1.165, 1.54) is 0 Å². The van der Waals surface area contributed by atoms with Crippen molar-refractivity contribution in [2.24, 2.45) is 0 Å². The molecule has 0 aliphatic carbocycles. The van der Waals surface area contributed by atoms with Crippen molar-refractivity contribution in [1.29, 1.82) is 0 Å². The number of hydrogen-bond acceptors (Lipinski definition) is 4. The van der Waals surface area contributed by atoms with Gasteiger partial charge in [-0.05, 0) is 24.6 Å². The van der Waals surface area contributed by atoms with Crippen LogP contribution in [-0.2, 0) is 4.79 Å². The molecule has 0 radical (unpaired) electrons. The molecule has 2 atom stereocenters. The Hall–Kier alpha value is -1.89. The number of nitrogens with one attached hydrogen (secondary N) is 2. The average molecular weight is 298 g/mol. The van der Waals surface area contributed by atoms with Crippen molar-refractivity contribution < 1.29 is 23.0 Å². The Morgan fingerprint density at radius 2 is 2.19 bits per heavy atom. The average Bonchev–Trinajstić information content (AvgIpc) is 3.03. The molecule has 21 heavy (non-hydrogen) atoms. The Morgan fingerprint density at radius 3 is 2.90 bits per heavy atom. The number of carbonyl (C=O) groups excluding carboxylic acids is 1. The fourth-order valence-corrected chi connectivity index (χ4v) is 2.48. The minimum Gasteiger partial charge on any atom is -0.454 e. The summed E-state index contributed by atoms with van der Waals surface area (Å²) in [6, 6.07) is 4.21. The van der Waals surface area contributed by atoms with Crippen molar-refractivity contribution >= 4 is 5.91 Å². The zero-order valence-corrected chi connectivity index (χ0v) is 11.5. The number of halogens is 2. The van der Waals surface area contributed by atoms with Gasteiger partial charge < -0.3 is 14.8 Å². The van der Waals surface area contributed by atoms with E-state index in [2.05, 4.69) is 10.6 Å². The van der Waals surface area contributed by atoms with E-state index in [-0.39, 0.29) is 12.8 Å². The molecule has 1 aromatic rings. The van der Waals surface area contributed by atoms with Crippen LogP contribution in [-0.4, -0.2) is 31.2 Å². The maximum Gasteiger partial charge on any atom is 0.262 e. The molecule has 1 amide bonds. The van der Waals surface area contributed by atoms with E-state index in [0.717, 1.165) is 5.56 Å². The molecule has 2 aliphatic rings. The van der Waals surface area contributed by atoms with E-state index in [0.29, 0.717) is 11.5 Å². The van der Waals surface area contributed by atoms with Crippen molar-refractivity contribution in [3.8, 4) is 11.5 Å². The Balaban J connectivity index is 1.63. The maximum atomic E-state index is 13.1. The maximum absolute atomic E-state index is 13.1. The fraction of sp³-hybridized carbons (Fsp3) is 0.500. The zero-order valence-electron chi connectivity index (χ0n) is 11.5. The number of alkyl halides is 2. The van der Waals surface area contributed by atoms with Crippen LogP contribution in [0.25, 0.3) is 0 Å². The van der Waals surface area contributed by atoms with Gasteiger partial charge in [-0.1, -0.05) is 6.07 Å². The van der Waals surface area contributed by atoms with Crippen LogP contribution < -0.4 is 20.1 Å². The lowest BCUT2D eigenvalue weighted by Gasteiger charge is -2.18. The summed E-state index contributed by atoms with van der Waals surface area (Å²) in [7, 11) is 0. The van der Waals surface area contributed by atoms with Crippen molar-refractivity contribution in [3.05, 3.63) is 23.8 Å². The largest absolute Gasteiger partial charge is 0.454 e. The number of benzene rings is 1. The fourth-order valence-electron chi connectivity index (χ4n) is 2.48. The molecule has 5 nitrogen and oxygen atoms in total. The lowest BCUT2D eigenvalue weighted by molar-refractivity contribution is -0.124. The van der Waals surface area contributed by atoms with Crippen molar-refractivity contribution in [2.75, 3.05) is 13.3 Å². The first kappa shape index (κ1) is 14.1. The quantitative estimate of drug-likeness (QED) is 0.889. The number of amides is 1. The lowest BCUT2D eigenvalue weighted by Crippen LogP contribution is -2.41. The molecule has 0 aromatic heterocycles. The van der Waals surface area contributed by atoms with Crippen LogP contribution in [0.3, 0.4) is 0 Å². The first-order chi connectivity index (χ1) is 9.94. The second-order valence-electron chi connectivity index (χ2n) is 5.34. The highest BCUT2D eigenvalue weighted by Crippen LogP contribution is 2.34. The minimum absolute atomic E-state index is 0.181. The van der Waals surface area contributed by atoms with Crippen LogP contribution in [0.5, 0.6) is 11.5 Å². The Bertz CT molecular complexity index is 565. The number of ether oxygens (including phenoxy) is 2. The lowest BCUT2D eigenvalue weighted by atomic mass is 10.1. The van der Waals surface area contributed by atoms with Gasteiger partial charge in [-0.2, -0.15) is 0 Å². The molecule has 1 aromatic carbocycles. The normalized spacial score (nSPS) is 23.9. The van der Waals surface area contributed by atoms with E-state index in [9.17, 15) is 13.6 Å². The molecule has 0 saturated carbocycles. The van der Waals surface area contributed by atoms with Gasteiger partial charge in [0.1, 0.15) is 0 Å². The predicted octanol–water partition coefficient (Wildman–Crippen LogP) is 1.59. The van der Waals surface area contributed by atoms with Gasteiger partial charge in [0.05, 0.1) is 18.6 Å². The molecular weight excluding hydrogens is 282 g/mol. The molecule has 2 N–H and O–H groups in total. The highest BCUT2D eigenvalue weighted by molar-refractivity contribution is 5.82. The van der Waals surface area contributed by atoms with Gasteiger partial charge in [0.2, 0.25) is 12.7 Å². The molecule has 0 spiro atoms. The van der Waals surface area contributed by atoms with Gasteiger partial charge in [0.15, 0.2) is 11.5 Å². The number of hydrogen-bond donors (Lipinski definition) is 2. The van der Waals surface area contributed by atoms with Crippen molar-refractivity contribution in [2.45, 2.75) is 31.4 Å². The van der Waals surface area contributed by atoms with E-state index >= 15 is 0 Å². The monoisotopic (exact) mass is 298 g/mol. The van der Waals surface area contributed by atoms with Gasteiger partial charge in [-0.25, -0.2) is 8.78 Å². The summed E-state index contributed by atoms with van der Waals surface area (Å²) >= 11 is 0. The third-order valence-corrected chi connectivity index (χ3v) is 3.68. The van der Waals surface area contributed by atoms with Crippen molar-refractivity contribution in [3.63, 3.8) is 0 Å². The summed E-state index contributed by atoms with van der Waals surface area (Å²) in [5.74, 6) is -1.95. The van der Waals surface area contributed by atoms with Crippen LogP contribution in [0.2, 0.25) is 0 Å². The molecular formula is C14H16F2N2O3. The first-order valence-electron chi connectivity index (χ1n) is 6.76. The second kappa shape index (κ2) is 5.14. The summed E-state index contributed by atoms with van der Waals surface area (Å²) in [6.45, 7) is 1.52. The van der Waals surface area contributed by atoms with Crippen LogP contribution in [0.15, 0.2) is 18.2 Å². The standard InChI is InChI=1S/C14H16F2N2O3/c1-8(9-2-3-11-12(4-9)21-7-20-11)18-13(19)10-5-14(15,16)6-17-10/h2-4,8,10,17H,5-7H2,1H3,(H,18,19). The topological polar surface area (TPSA) is 59.6 Å². The first-order valence-corrected chi connectivity index (χ1v) is 6.76. The van der Waals surface area contributed by atoms with Crippen LogP contribution in [0.4, 0.5) is 8.78 Å². The molecule has 2 heterocycles. The molecule has 1 saturated heterocycles. The molecule has 2 aliphatic heterocycles. The molecule has 7 heteroatoms.